The standard InChI is InChI=1S/C10H8N2O3/c13-8-4-2-1-3-6(8)7-5-9(14)12-10(15)11-7/h1-5,13H,(H2,11,12,14,15). The van der Waals surface area contributed by atoms with Gasteiger partial charge in [-0.1, -0.05) is 12.1 Å². The first-order valence-electron chi connectivity index (χ1n) is 4.29. The molecule has 0 saturated carbocycles. The van der Waals surface area contributed by atoms with Crippen LogP contribution in [0.1, 0.15) is 0 Å². The topological polar surface area (TPSA) is 85.9 Å². The van der Waals surface area contributed by atoms with Crippen molar-refractivity contribution in [2.45, 2.75) is 0 Å². The molecule has 15 heavy (non-hydrogen) atoms. The van der Waals surface area contributed by atoms with Crippen molar-refractivity contribution in [2.75, 3.05) is 0 Å². The van der Waals surface area contributed by atoms with Gasteiger partial charge in [0, 0.05) is 11.6 Å². The Morgan fingerprint density at radius 2 is 1.80 bits per heavy atom. The van der Waals surface area contributed by atoms with Gasteiger partial charge in [-0.15, -0.1) is 0 Å². The fourth-order valence-electron chi connectivity index (χ4n) is 1.32. The second-order valence-corrected chi connectivity index (χ2v) is 3.02. The average molecular weight is 204 g/mol. The highest BCUT2D eigenvalue weighted by atomic mass is 16.3. The van der Waals surface area contributed by atoms with Gasteiger partial charge in [-0.2, -0.15) is 0 Å². The van der Waals surface area contributed by atoms with Gasteiger partial charge in [-0.3, -0.25) is 9.78 Å². The smallest absolute Gasteiger partial charge is 0.326 e. The van der Waals surface area contributed by atoms with Crippen LogP contribution in [0.4, 0.5) is 0 Å². The van der Waals surface area contributed by atoms with Gasteiger partial charge >= 0.3 is 5.69 Å². The van der Waals surface area contributed by atoms with Crippen molar-refractivity contribution in [3.05, 3.63) is 51.2 Å². The lowest BCUT2D eigenvalue weighted by molar-refractivity contribution is 0.477. The van der Waals surface area contributed by atoms with Crippen LogP contribution in [-0.2, 0) is 0 Å². The van der Waals surface area contributed by atoms with Crippen molar-refractivity contribution in [1.82, 2.24) is 9.97 Å². The van der Waals surface area contributed by atoms with Crippen molar-refractivity contribution in [3.63, 3.8) is 0 Å². The molecule has 0 spiro atoms. The molecule has 0 saturated heterocycles. The number of aromatic nitrogens is 2. The minimum absolute atomic E-state index is 0.0127. The molecule has 2 rings (SSSR count). The number of hydrogen-bond acceptors (Lipinski definition) is 3. The van der Waals surface area contributed by atoms with Crippen LogP contribution in [0.25, 0.3) is 11.3 Å². The summed E-state index contributed by atoms with van der Waals surface area (Å²) >= 11 is 0. The molecule has 0 atom stereocenters. The molecule has 1 aromatic carbocycles. The monoisotopic (exact) mass is 204 g/mol. The zero-order chi connectivity index (χ0) is 10.8. The number of phenols is 1. The lowest BCUT2D eigenvalue weighted by atomic mass is 10.1. The zero-order valence-electron chi connectivity index (χ0n) is 7.65. The van der Waals surface area contributed by atoms with Gasteiger partial charge in [0.05, 0.1) is 5.69 Å². The van der Waals surface area contributed by atoms with Crippen molar-refractivity contribution in [2.24, 2.45) is 0 Å². The minimum atomic E-state index is -0.597. The van der Waals surface area contributed by atoms with E-state index < -0.39 is 11.2 Å². The van der Waals surface area contributed by atoms with Crippen LogP contribution in [0.2, 0.25) is 0 Å². The lowest BCUT2D eigenvalue weighted by Gasteiger charge is -2.02. The Bertz CT molecular complexity index is 570. The van der Waals surface area contributed by atoms with Crippen LogP contribution in [0.5, 0.6) is 5.75 Å². The number of H-pyrrole nitrogens is 2. The first-order chi connectivity index (χ1) is 7.16. The second-order valence-electron chi connectivity index (χ2n) is 3.02. The van der Waals surface area contributed by atoms with E-state index in [9.17, 15) is 14.7 Å². The number of benzene rings is 1. The summed E-state index contributed by atoms with van der Waals surface area (Å²) in [5, 5.41) is 9.51. The van der Waals surface area contributed by atoms with Gasteiger partial charge in [0.15, 0.2) is 0 Å². The largest absolute Gasteiger partial charge is 0.507 e. The first kappa shape index (κ1) is 9.26. The Morgan fingerprint density at radius 3 is 2.47 bits per heavy atom. The summed E-state index contributed by atoms with van der Waals surface area (Å²) < 4.78 is 0. The number of rotatable bonds is 1. The van der Waals surface area contributed by atoms with Crippen LogP contribution in [0, 0.1) is 0 Å². The third kappa shape index (κ3) is 1.80. The Morgan fingerprint density at radius 1 is 1.07 bits per heavy atom. The van der Waals surface area contributed by atoms with Gasteiger partial charge in [-0.05, 0) is 12.1 Å². The van der Waals surface area contributed by atoms with E-state index in [4.69, 9.17) is 0 Å². The molecule has 2 aromatic rings. The van der Waals surface area contributed by atoms with Crippen LogP contribution in [-0.4, -0.2) is 15.1 Å². The number of aromatic hydroxyl groups is 1. The molecule has 0 bridgehead atoms. The number of para-hydroxylation sites is 1. The van der Waals surface area contributed by atoms with Crippen molar-refractivity contribution in [3.8, 4) is 17.0 Å². The fraction of sp³-hybridized carbons (Fsp3) is 0. The normalized spacial score (nSPS) is 10.1. The van der Waals surface area contributed by atoms with Crippen LogP contribution in [0.3, 0.4) is 0 Å². The number of nitrogens with one attached hydrogen (secondary N) is 2. The van der Waals surface area contributed by atoms with Gasteiger partial charge in [0.1, 0.15) is 5.75 Å². The molecule has 3 N–H and O–H groups in total. The van der Waals surface area contributed by atoms with Crippen LogP contribution in [0.15, 0.2) is 39.9 Å². The maximum Gasteiger partial charge on any atom is 0.326 e. The highest BCUT2D eigenvalue weighted by Gasteiger charge is 2.04. The number of phenolic OH excluding ortho intramolecular Hbond substituents is 1. The molecule has 1 heterocycles. The maximum absolute atomic E-state index is 11.0. The van der Waals surface area contributed by atoms with E-state index in [2.05, 4.69) is 9.97 Å². The van der Waals surface area contributed by atoms with Crippen molar-refractivity contribution in [1.29, 1.82) is 0 Å². The Labute approximate surface area is 84.0 Å². The van der Waals surface area contributed by atoms with Gasteiger partial charge in [0.2, 0.25) is 0 Å². The Hall–Kier alpha value is -2.30. The van der Waals surface area contributed by atoms with Crippen molar-refractivity contribution < 1.29 is 5.11 Å². The summed E-state index contributed by atoms with van der Waals surface area (Å²) in [6, 6.07) is 7.67. The lowest BCUT2D eigenvalue weighted by Crippen LogP contribution is -2.21. The molecular weight excluding hydrogens is 196 g/mol. The molecule has 0 radical (unpaired) electrons. The third-order valence-electron chi connectivity index (χ3n) is 1.95. The highest BCUT2D eigenvalue weighted by Crippen LogP contribution is 2.24. The fourth-order valence-corrected chi connectivity index (χ4v) is 1.32. The summed E-state index contributed by atoms with van der Waals surface area (Å²) in [4.78, 5) is 26.5. The van der Waals surface area contributed by atoms with Crippen LogP contribution < -0.4 is 11.2 Å². The molecule has 5 heteroatoms. The molecule has 0 amide bonds. The van der Waals surface area contributed by atoms with Crippen LogP contribution >= 0.6 is 0 Å². The maximum atomic E-state index is 11.0. The first-order valence-corrected chi connectivity index (χ1v) is 4.29. The van der Waals surface area contributed by atoms with E-state index in [1.165, 1.54) is 12.1 Å². The number of hydrogen-bond donors (Lipinski definition) is 3. The molecule has 0 aliphatic heterocycles. The molecule has 5 nitrogen and oxygen atoms in total. The predicted octanol–water partition coefficient (Wildman–Crippen LogP) is 0.436. The summed E-state index contributed by atoms with van der Waals surface area (Å²) in [5.41, 5.74) is -0.389. The number of aromatic amines is 2. The van der Waals surface area contributed by atoms with E-state index in [0.717, 1.165) is 0 Å². The van der Waals surface area contributed by atoms with Gasteiger partial charge in [0.25, 0.3) is 5.56 Å². The van der Waals surface area contributed by atoms with E-state index >= 15 is 0 Å². The molecule has 0 aliphatic carbocycles. The Kier molecular flexibility index (Phi) is 2.13. The summed E-state index contributed by atoms with van der Waals surface area (Å²) in [6.07, 6.45) is 0. The van der Waals surface area contributed by atoms with E-state index in [1.54, 1.807) is 18.2 Å². The minimum Gasteiger partial charge on any atom is -0.507 e. The molecule has 0 unspecified atom stereocenters. The van der Waals surface area contributed by atoms with E-state index in [0.29, 0.717) is 11.3 Å². The summed E-state index contributed by atoms with van der Waals surface area (Å²) in [6.45, 7) is 0. The summed E-state index contributed by atoms with van der Waals surface area (Å²) in [5.74, 6) is 0.0127. The molecule has 76 valence electrons. The molecule has 0 fully saturated rings. The molecular formula is C10H8N2O3. The SMILES string of the molecule is O=c1cc(-c2ccccc2O)[nH]c(=O)[nH]1. The third-order valence-corrected chi connectivity index (χ3v) is 1.95. The molecule has 0 aliphatic rings. The van der Waals surface area contributed by atoms with Gasteiger partial charge < -0.3 is 10.1 Å². The highest BCUT2D eigenvalue weighted by molar-refractivity contribution is 5.65. The second kappa shape index (κ2) is 3.45. The average Bonchev–Trinajstić information content (AvgIpc) is 2.16. The zero-order valence-corrected chi connectivity index (χ0v) is 7.65. The van der Waals surface area contributed by atoms with E-state index in [-0.39, 0.29) is 5.75 Å². The predicted molar refractivity (Wildman–Crippen MR) is 54.8 cm³/mol. The quantitative estimate of drug-likeness (QED) is 0.629. The Balaban J connectivity index is 2.70. The van der Waals surface area contributed by atoms with Crippen molar-refractivity contribution >= 4 is 0 Å². The van der Waals surface area contributed by atoms with Gasteiger partial charge in [-0.25, -0.2) is 4.79 Å². The van der Waals surface area contributed by atoms with E-state index in [1.807, 2.05) is 0 Å². The molecule has 1 aromatic heterocycles. The summed E-state index contributed by atoms with van der Waals surface area (Å²) in [7, 11) is 0.